The van der Waals surface area contributed by atoms with Crippen molar-refractivity contribution in [2.24, 2.45) is 5.73 Å². The molecule has 1 radical (unpaired) electrons. The first kappa shape index (κ1) is 6.80. The highest BCUT2D eigenvalue weighted by Gasteiger charge is 1.94. The van der Waals surface area contributed by atoms with Crippen LogP contribution in [0.3, 0.4) is 0 Å². The van der Waals surface area contributed by atoms with Crippen molar-refractivity contribution in [2.75, 3.05) is 0 Å². The molecule has 0 aliphatic carbocycles. The molecule has 0 atom stereocenters. The van der Waals surface area contributed by atoms with Crippen LogP contribution in [0.2, 0.25) is 0 Å². The number of amides is 1. The molecule has 0 saturated carbocycles. The smallest absolute Gasteiger partial charge is 0.219 e. The van der Waals surface area contributed by atoms with Crippen LogP contribution in [0.4, 0.5) is 0 Å². The zero-order valence-electron chi connectivity index (χ0n) is 5.45. The maximum Gasteiger partial charge on any atom is 0.219 e. The standard InChI is InChI=1S/C6H8N3O/c7-6(10)2-5-9-4-1-3-8-9/h3-4H,2,5H2,(H2,7,10). The average molecular weight is 138 g/mol. The molecule has 1 rings (SSSR count). The molecule has 1 heterocycles. The number of aryl methyl sites for hydroxylation is 1. The average Bonchev–Trinajstić information content (AvgIpc) is 2.34. The minimum atomic E-state index is -0.310. The van der Waals surface area contributed by atoms with Gasteiger partial charge in [-0.25, -0.2) is 0 Å². The third kappa shape index (κ3) is 1.89. The summed E-state index contributed by atoms with van der Waals surface area (Å²) in [6.07, 6.45) is 3.54. The van der Waals surface area contributed by atoms with E-state index in [0.717, 1.165) is 0 Å². The third-order valence-corrected chi connectivity index (χ3v) is 1.09. The summed E-state index contributed by atoms with van der Waals surface area (Å²) in [6.45, 7) is 0.541. The number of carbonyl (C=O) groups is 1. The van der Waals surface area contributed by atoms with Gasteiger partial charge in [-0.1, -0.05) is 0 Å². The van der Waals surface area contributed by atoms with Crippen molar-refractivity contribution in [1.29, 1.82) is 0 Å². The minimum Gasteiger partial charge on any atom is -0.370 e. The van der Waals surface area contributed by atoms with Crippen LogP contribution in [0.15, 0.2) is 12.4 Å². The van der Waals surface area contributed by atoms with E-state index in [-0.39, 0.29) is 5.91 Å². The molecule has 10 heavy (non-hydrogen) atoms. The number of nitrogens with two attached hydrogens (primary N) is 1. The van der Waals surface area contributed by atoms with E-state index < -0.39 is 0 Å². The number of nitrogens with zero attached hydrogens (tertiary/aromatic N) is 2. The van der Waals surface area contributed by atoms with Gasteiger partial charge in [0.1, 0.15) is 0 Å². The first-order chi connectivity index (χ1) is 4.79. The zero-order valence-corrected chi connectivity index (χ0v) is 5.45. The van der Waals surface area contributed by atoms with Crippen molar-refractivity contribution in [3.63, 3.8) is 0 Å². The van der Waals surface area contributed by atoms with Crippen LogP contribution in [0.25, 0.3) is 0 Å². The van der Waals surface area contributed by atoms with Crippen molar-refractivity contribution in [2.45, 2.75) is 13.0 Å². The first-order valence-electron chi connectivity index (χ1n) is 2.96. The maximum atomic E-state index is 10.3. The molecular formula is C6H8N3O. The lowest BCUT2D eigenvalue weighted by Crippen LogP contribution is -2.13. The molecule has 0 unspecified atom stereocenters. The molecule has 1 amide bonds. The summed E-state index contributed by atoms with van der Waals surface area (Å²) in [4.78, 5) is 10.3. The number of primary amides is 1. The summed E-state index contributed by atoms with van der Waals surface area (Å²) in [5.41, 5.74) is 4.92. The number of aromatic nitrogens is 2. The van der Waals surface area contributed by atoms with Gasteiger partial charge in [-0.3, -0.25) is 9.48 Å². The van der Waals surface area contributed by atoms with Crippen LogP contribution in [-0.2, 0) is 11.3 Å². The Labute approximate surface area is 58.6 Å². The monoisotopic (exact) mass is 138 g/mol. The zero-order chi connectivity index (χ0) is 7.40. The summed E-state index contributed by atoms with van der Waals surface area (Å²) in [7, 11) is 0. The van der Waals surface area contributed by atoms with Crippen LogP contribution in [0.1, 0.15) is 6.42 Å². The lowest BCUT2D eigenvalue weighted by molar-refractivity contribution is -0.118. The van der Waals surface area contributed by atoms with E-state index >= 15 is 0 Å². The highest BCUT2D eigenvalue weighted by Crippen LogP contribution is 1.86. The van der Waals surface area contributed by atoms with Gasteiger partial charge < -0.3 is 5.73 Å². The van der Waals surface area contributed by atoms with Gasteiger partial charge in [-0.15, -0.1) is 0 Å². The summed E-state index contributed by atoms with van der Waals surface area (Å²) in [5.74, 6) is -0.310. The predicted molar refractivity (Wildman–Crippen MR) is 34.9 cm³/mol. The lowest BCUT2D eigenvalue weighted by Gasteiger charge is -1.95. The molecule has 0 aliphatic heterocycles. The number of hydrogen-bond donors (Lipinski definition) is 1. The second-order valence-corrected chi connectivity index (χ2v) is 1.92. The van der Waals surface area contributed by atoms with Crippen LogP contribution in [0.5, 0.6) is 0 Å². The molecule has 0 fully saturated rings. The van der Waals surface area contributed by atoms with E-state index in [0.29, 0.717) is 13.0 Å². The molecule has 0 aromatic carbocycles. The predicted octanol–water partition coefficient (Wildman–Crippen LogP) is -0.441. The van der Waals surface area contributed by atoms with E-state index in [4.69, 9.17) is 5.73 Å². The summed E-state index contributed by atoms with van der Waals surface area (Å²) >= 11 is 0. The van der Waals surface area contributed by atoms with E-state index in [1.54, 1.807) is 17.1 Å². The second kappa shape index (κ2) is 3.00. The molecule has 53 valence electrons. The van der Waals surface area contributed by atoms with E-state index in [1.807, 2.05) is 0 Å². The first-order valence-corrected chi connectivity index (χ1v) is 2.96. The fourth-order valence-corrected chi connectivity index (χ4v) is 0.607. The summed E-state index contributed by atoms with van der Waals surface area (Å²) in [6, 6.07) is 2.75. The van der Waals surface area contributed by atoms with Gasteiger partial charge in [0.25, 0.3) is 0 Å². The third-order valence-electron chi connectivity index (χ3n) is 1.09. The van der Waals surface area contributed by atoms with Gasteiger partial charge in [0.2, 0.25) is 5.91 Å². The Morgan fingerprint density at radius 3 is 3.10 bits per heavy atom. The highest BCUT2D eigenvalue weighted by molar-refractivity contribution is 5.73. The number of hydrogen-bond acceptors (Lipinski definition) is 2. The number of carbonyl (C=O) groups excluding carboxylic acids is 1. The molecular weight excluding hydrogens is 130 g/mol. The van der Waals surface area contributed by atoms with Gasteiger partial charge >= 0.3 is 0 Å². The van der Waals surface area contributed by atoms with E-state index in [9.17, 15) is 4.79 Å². The molecule has 0 spiro atoms. The fourth-order valence-electron chi connectivity index (χ4n) is 0.607. The van der Waals surface area contributed by atoms with Gasteiger partial charge in [0.15, 0.2) is 0 Å². The lowest BCUT2D eigenvalue weighted by atomic mass is 10.4. The van der Waals surface area contributed by atoms with Gasteiger partial charge in [0.05, 0.1) is 6.20 Å². The van der Waals surface area contributed by atoms with Crippen molar-refractivity contribution in [1.82, 2.24) is 9.78 Å². The number of rotatable bonds is 3. The van der Waals surface area contributed by atoms with E-state index in [2.05, 4.69) is 11.2 Å². The van der Waals surface area contributed by atoms with Crippen molar-refractivity contribution in [3.05, 3.63) is 18.5 Å². The quantitative estimate of drug-likeness (QED) is 0.615. The molecule has 0 aliphatic rings. The van der Waals surface area contributed by atoms with Gasteiger partial charge in [-0.2, -0.15) is 5.10 Å². The Morgan fingerprint density at radius 2 is 2.60 bits per heavy atom. The van der Waals surface area contributed by atoms with Crippen molar-refractivity contribution >= 4 is 5.91 Å². The molecule has 4 heteroatoms. The molecule has 1 aromatic heterocycles. The second-order valence-electron chi connectivity index (χ2n) is 1.92. The SMILES string of the molecule is NC(=O)CCn1c[c]cn1. The highest BCUT2D eigenvalue weighted by atomic mass is 16.1. The maximum absolute atomic E-state index is 10.3. The molecule has 2 N–H and O–H groups in total. The van der Waals surface area contributed by atoms with Gasteiger partial charge in [0, 0.05) is 25.2 Å². The molecule has 1 aromatic rings. The Bertz CT molecular complexity index is 205. The fraction of sp³-hybridized carbons (Fsp3) is 0.333. The summed E-state index contributed by atoms with van der Waals surface area (Å²) < 4.78 is 1.62. The molecule has 0 bridgehead atoms. The summed E-state index contributed by atoms with van der Waals surface area (Å²) in [5, 5.41) is 3.84. The Kier molecular flexibility index (Phi) is 2.04. The topological polar surface area (TPSA) is 60.9 Å². The van der Waals surface area contributed by atoms with Gasteiger partial charge in [-0.05, 0) is 0 Å². The Morgan fingerprint density at radius 1 is 1.80 bits per heavy atom. The molecule has 4 nitrogen and oxygen atoms in total. The largest absolute Gasteiger partial charge is 0.370 e. The van der Waals surface area contributed by atoms with E-state index in [1.165, 1.54) is 0 Å². The van der Waals surface area contributed by atoms with Crippen LogP contribution < -0.4 is 5.73 Å². The van der Waals surface area contributed by atoms with Crippen molar-refractivity contribution < 1.29 is 4.79 Å². The Hall–Kier alpha value is -1.32. The van der Waals surface area contributed by atoms with Crippen LogP contribution >= 0.6 is 0 Å². The Balaban J connectivity index is 2.35. The van der Waals surface area contributed by atoms with Crippen LogP contribution in [-0.4, -0.2) is 15.7 Å². The molecule has 0 saturated heterocycles. The minimum absolute atomic E-state index is 0.310. The van der Waals surface area contributed by atoms with Crippen molar-refractivity contribution in [3.8, 4) is 0 Å². The van der Waals surface area contributed by atoms with Crippen LogP contribution in [0, 0.1) is 6.07 Å². The normalized spacial score (nSPS) is 9.60.